The third kappa shape index (κ3) is 5.32. The van der Waals surface area contributed by atoms with E-state index in [0.29, 0.717) is 37.5 Å². The van der Waals surface area contributed by atoms with Crippen molar-refractivity contribution < 1.29 is 20.4 Å². The predicted molar refractivity (Wildman–Crippen MR) is 109 cm³/mol. The van der Waals surface area contributed by atoms with E-state index in [1.807, 2.05) is 12.1 Å². The van der Waals surface area contributed by atoms with Crippen LogP contribution in [0.3, 0.4) is 0 Å². The molecule has 2 aromatic carbocycles. The van der Waals surface area contributed by atoms with Crippen LogP contribution < -0.4 is 0 Å². The fourth-order valence-electron chi connectivity index (χ4n) is 3.77. The molecule has 0 unspecified atom stereocenters. The lowest BCUT2D eigenvalue weighted by molar-refractivity contribution is -0.0378. The van der Waals surface area contributed by atoms with Gasteiger partial charge in [0.2, 0.25) is 0 Å². The van der Waals surface area contributed by atoms with Gasteiger partial charge in [-0.2, -0.15) is 0 Å². The van der Waals surface area contributed by atoms with Gasteiger partial charge in [-0.1, -0.05) is 48.0 Å². The third-order valence-corrected chi connectivity index (χ3v) is 5.83. The predicted octanol–water partition coefficient (Wildman–Crippen LogP) is 2.60. The first-order chi connectivity index (χ1) is 13.4. The smallest absolute Gasteiger partial charge is 0.0920 e. The van der Waals surface area contributed by atoms with Crippen molar-refractivity contribution in [3.63, 3.8) is 0 Å². The highest BCUT2D eigenvalue weighted by atomic mass is 35.5. The summed E-state index contributed by atoms with van der Waals surface area (Å²) in [6, 6.07) is 14.4. The van der Waals surface area contributed by atoms with E-state index in [9.17, 15) is 15.3 Å². The largest absolute Gasteiger partial charge is 0.392 e. The molecule has 5 nitrogen and oxygen atoms in total. The highest BCUT2D eigenvalue weighted by molar-refractivity contribution is 6.30. The Morgan fingerprint density at radius 3 is 2.14 bits per heavy atom. The minimum Gasteiger partial charge on any atom is -0.392 e. The van der Waals surface area contributed by atoms with E-state index in [-0.39, 0.29) is 13.0 Å². The molecule has 1 aliphatic heterocycles. The molecular weight excluding hydrogens is 378 g/mol. The summed E-state index contributed by atoms with van der Waals surface area (Å²) >= 11 is 5.93. The van der Waals surface area contributed by atoms with Crippen molar-refractivity contribution in [3.05, 3.63) is 70.2 Å². The summed E-state index contributed by atoms with van der Waals surface area (Å²) in [6.45, 7) is 1.79. The number of hydrogen-bond donors (Lipinski definition) is 4. The van der Waals surface area contributed by atoms with Gasteiger partial charge in [0.25, 0.3) is 0 Å². The molecule has 0 spiro atoms. The number of aliphatic hydroxyl groups excluding tert-OH is 3. The summed E-state index contributed by atoms with van der Waals surface area (Å²) in [4.78, 5) is 2.12. The molecular formula is C22H28ClNO4. The molecule has 2 aromatic rings. The van der Waals surface area contributed by atoms with E-state index in [2.05, 4.69) is 4.90 Å². The summed E-state index contributed by atoms with van der Waals surface area (Å²) in [7, 11) is 0. The van der Waals surface area contributed by atoms with Gasteiger partial charge >= 0.3 is 0 Å². The minimum absolute atomic E-state index is 0.0314. The summed E-state index contributed by atoms with van der Waals surface area (Å²) in [5, 5.41) is 41.4. The van der Waals surface area contributed by atoms with Crippen LogP contribution in [-0.4, -0.2) is 51.1 Å². The Morgan fingerprint density at radius 1 is 0.964 bits per heavy atom. The molecule has 1 saturated heterocycles. The standard InChI is InChI=1S/C22H28ClNO4/c23-19-7-5-18(6-8-19)22(28)9-11-24(12-10-22)14-20(26)13-21(27)17-3-1-16(15-25)2-4-17/h1-8,20-21,25-28H,9-15H2/t20-,21+/m1/s1. The van der Waals surface area contributed by atoms with E-state index in [1.165, 1.54) is 0 Å². The van der Waals surface area contributed by atoms with Gasteiger partial charge in [0.15, 0.2) is 0 Å². The van der Waals surface area contributed by atoms with Crippen molar-refractivity contribution in [2.75, 3.05) is 19.6 Å². The lowest BCUT2D eigenvalue weighted by atomic mass is 9.84. The Labute approximate surface area is 170 Å². The van der Waals surface area contributed by atoms with Gasteiger partial charge in [-0.25, -0.2) is 0 Å². The van der Waals surface area contributed by atoms with Crippen LogP contribution in [0.25, 0.3) is 0 Å². The topological polar surface area (TPSA) is 84.2 Å². The fraction of sp³-hybridized carbons (Fsp3) is 0.455. The quantitative estimate of drug-likeness (QED) is 0.569. The molecule has 0 aliphatic carbocycles. The zero-order chi connectivity index (χ0) is 20.1. The minimum atomic E-state index is -0.861. The van der Waals surface area contributed by atoms with Crippen LogP contribution in [0.15, 0.2) is 48.5 Å². The van der Waals surface area contributed by atoms with Crippen LogP contribution in [0.4, 0.5) is 0 Å². The van der Waals surface area contributed by atoms with Gasteiger partial charge in [0.1, 0.15) is 0 Å². The maximum Gasteiger partial charge on any atom is 0.0920 e. The van der Waals surface area contributed by atoms with Crippen molar-refractivity contribution in [2.24, 2.45) is 0 Å². The molecule has 28 heavy (non-hydrogen) atoms. The molecule has 1 fully saturated rings. The van der Waals surface area contributed by atoms with Crippen LogP contribution in [0.5, 0.6) is 0 Å². The number of rotatable bonds is 7. The number of β-amino-alcohol motifs (C(OH)–C–C–N with tert-alkyl or cyclic N) is 1. The monoisotopic (exact) mass is 405 g/mol. The molecule has 1 aliphatic rings. The first-order valence-corrected chi connectivity index (χ1v) is 10.0. The number of halogens is 1. The second kappa shape index (κ2) is 9.35. The SMILES string of the molecule is OCc1ccc([C@@H](O)C[C@@H](O)CN2CCC(O)(c3ccc(Cl)cc3)CC2)cc1. The Balaban J connectivity index is 1.49. The first kappa shape index (κ1) is 21.2. The third-order valence-electron chi connectivity index (χ3n) is 5.58. The Morgan fingerprint density at radius 2 is 1.57 bits per heavy atom. The van der Waals surface area contributed by atoms with Gasteiger partial charge in [-0.3, -0.25) is 0 Å². The molecule has 0 amide bonds. The molecule has 0 aromatic heterocycles. The number of piperidine rings is 1. The van der Waals surface area contributed by atoms with Crippen LogP contribution in [-0.2, 0) is 12.2 Å². The van der Waals surface area contributed by atoms with Crippen molar-refractivity contribution in [1.82, 2.24) is 4.90 Å². The van der Waals surface area contributed by atoms with Crippen molar-refractivity contribution >= 4 is 11.6 Å². The average molecular weight is 406 g/mol. The van der Waals surface area contributed by atoms with Crippen molar-refractivity contribution in [1.29, 1.82) is 0 Å². The number of aliphatic hydroxyl groups is 4. The van der Waals surface area contributed by atoms with Gasteiger partial charge in [-0.05, 0) is 41.7 Å². The van der Waals surface area contributed by atoms with Gasteiger partial charge < -0.3 is 25.3 Å². The highest BCUT2D eigenvalue weighted by Gasteiger charge is 2.34. The number of likely N-dealkylation sites (tertiary alicyclic amines) is 1. The molecule has 2 atom stereocenters. The van der Waals surface area contributed by atoms with Gasteiger partial charge in [0.05, 0.1) is 24.4 Å². The normalized spacial score (nSPS) is 19.3. The van der Waals surface area contributed by atoms with Crippen LogP contribution in [0.2, 0.25) is 5.02 Å². The molecule has 152 valence electrons. The first-order valence-electron chi connectivity index (χ1n) is 9.66. The molecule has 0 saturated carbocycles. The van der Waals surface area contributed by atoms with Gasteiger partial charge in [-0.15, -0.1) is 0 Å². The molecule has 4 N–H and O–H groups in total. The summed E-state index contributed by atoms with van der Waals surface area (Å²) in [5.74, 6) is 0. The van der Waals surface area contributed by atoms with E-state index in [0.717, 1.165) is 16.7 Å². The lowest BCUT2D eigenvalue weighted by Crippen LogP contribution is -2.45. The molecule has 0 bridgehead atoms. The maximum atomic E-state index is 10.9. The summed E-state index contributed by atoms with van der Waals surface area (Å²) < 4.78 is 0. The summed E-state index contributed by atoms with van der Waals surface area (Å²) in [5.41, 5.74) is 1.53. The Bertz CT molecular complexity index is 742. The zero-order valence-electron chi connectivity index (χ0n) is 15.8. The highest BCUT2D eigenvalue weighted by Crippen LogP contribution is 2.33. The molecule has 6 heteroatoms. The lowest BCUT2D eigenvalue weighted by Gasteiger charge is -2.39. The number of benzene rings is 2. The zero-order valence-corrected chi connectivity index (χ0v) is 16.6. The maximum absolute atomic E-state index is 10.9. The molecule has 1 heterocycles. The second-order valence-corrected chi connectivity index (χ2v) is 8.08. The Kier molecular flexibility index (Phi) is 7.10. The van der Waals surface area contributed by atoms with Crippen molar-refractivity contribution in [3.8, 4) is 0 Å². The van der Waals surface area contributed by atoms with E-state index in [4.69, 9.17) is 16.7 Å². The van der Waals surface area contributed by atoms with Crippen LogP contribution in [0, 0.1) is 0 Å². The molecule has 3 rings (SSSR count). The summed E-state index contributed by atoms with van der Waals surface area (Å²) in [6.07, 6.45) is 0.0166. The van der Waals surface area contributed by atoms with Gasteiger partial charge in [0, 0.05) is 31.1 Å². The second-order valence-electron chi connectivity index (χ2n) is 7.64. The van der Waals surface area contributed by atoms with Crippen LogP contribution in [0.1, 0.15) is 42.1 Å². The number of hydrogen-bond acceptors (Lipinski definition) is 5. The fourth-order valence-corrected chi connectivity index (χ4v) is 3.89. The van der Waals surface area contributed by atoms with Crippen LogP contribution >= 0.6 is 11.6 Å². The van der Waals surface area contributed by atoms with Crippen molar-refractivity contribution in [2.45, 2.75) is 43.7 Å². The average Bonchev–Trinajstić information content (AvgIpc) is 2.70. The number of nitrogens with zero attached hydrogens (tertiary/aromatic N) is 1. The Hall–Kier alpha value is -1.47. The molecule has 0 radical (unpaired) electrons. The van der Waals surface area contributed by atoms with E-state index < -0.39 is 17.8 Å². The van der Waals surface area contributed by atoms with E-state index in [1.54, 1.807) is 36.4 Å². The van der Waals surface area contributed by atoms with E-state index >= 15 is 0 Å².